The number of para-hydroxylation sites is 2. The molecule has 2 aromatic carbocycles. The van der Waals surface area contributed by atoms with Gasteiger partial charge in [-0.3, -0.25) is 9.00 Å². The molecule has 4 rings (SSSR count). The summed E-state index contributed by atoms with van der Waals surface area (Å²) in [5.41, 5.74) is 3.48. The van der Waals surface area contributed by atoms with Crippen LogP contribution in [-0.4, -0.2) is 34.2 Å². The first kappa shape index (κ1) is 19.4. The van der Waals surface area contributed by atoms with Gasteiger partial charge in [-0.05, 0) is 37.1 Å². The molecule has 1 aliphatic heterocycles. The fourth-order valence-corrected chi connectivity index (χ4v) is 4.70. The molecule has 2 unspecified atom stereocenters. The number of carbonyl (C=O) groups excluding carboxylic acids is 1. The van der Waals surface area contributed by atoms with Gasteiger partial charge in [-0.15, -0.1) is 0 Å². The van der Waals surface area contributed by atoms with Crippen molar-refractivity contribution < 1.29 is 18.3 Å². The summed E-state index contributed by atoms with van der Waals surface area (Å²) >= 11 is 0. The van der Waals surface area contributed by atoms with Crippen LogP contribution in [0.25, 0.3) is 11.3 Å². The molecule has 0 fully saturated rings. The van der Waals surface area contributed by atoms with Gasteiger partial charge in [-0.1, -0.05) is 35.5 Å². The molecule has 1 amide bonds. The maximum absolute atomic E-state index is 12.8. The molecule has 150 valence electrons. The Balaban J connectivity index is 1.43. The fourth-order valence-electron chi connectivity index (χ4n) is 3.73. The summed E-state index contributed by atoms with van der Waals surface area (Å²) in [5, 5.41) is 4.06. The predicted octanol–water partition coefficient (Wildman–Crippen LogP) is 3.58. The Kier molecular flexibility index (Phi) is 5.49. The Morgan fingerprint density at radius 3 is 2.83 bits per heavy atom. The highest BCUT2D eigenvalue weighted by molar-refractivity contribution is 7.84. The third kappa shape index (κ3) is 3.96. The molecule has 29 heavy (non-hydrogen) atoms. The molecule has 7 heteroatoms. The number of amides is 1. The normalized spacial score (nSPS) is 16.5. The quantitative estimate of drug-likeness (QED) is 0.621. The van der Waals surface area contributed by atoms with Crippen molar-refractivity contribution in [1.82, 2.24) is 5.16 Å². The molecule has 0 aliphatic carbocycles. The van der Waals surface area contributed by atoms with Crippen LogP contribution >= 0.6 is 0 Å². The first-order chi connectivity index (χ1) is 14.1. The Morgan fingerprint density at radius 2 is 2.00 bits per heavy atom. The maximum atomic E-state index is 12.8. The van der Waals surface area contributed by atoms with E-state index in [9.17, 15) is 9.00 Å². The third-order valence-electron chi connectivity index (χ3n) is 5.01. The smallest absolute Gasteiger partial charge is 0.239 e. The molecular weight excluding hydrogens is 388 g/mol. The van der Waals surface area contributed by atoms with Crippen molar-refractivity contribution >= 4 is 22.4 Å². The van der Waals surface area contributed by atoms with Gasteiger partial charge in [0, 0.05) is 34.2 Å². The van der Waals surface area contributed by atoms with Crippen LogP contribution in [0.4, 0.5) is 5.69 Å². The van der Waals surface area contributed by atoms with Crippen molar-refractivity contribution in [2.45, 2.75) is 25.1 Å². The number of hydrogen-bond donors (Lipinski definition) is 0. The van der Waals surface area contributed by atoms with Gasteiger partial charge in [0.1, 0.15) is 23.0 Å². The molecule has 6 nitrogen and oxygen atoms in total. The largest absolute Gasteiger partial charge is 0.496 e. The van der Waals surface area contributed by atoms with E-state index in [4.69, 9.17) is 9.26 Å². The van der Waals surface area contributed by atoms with Gasteiger partial charge in [0.05, 0.1) is 12.9 Å². The van der Waals surface area contributed by atoms with Crippen LogP contribution in [0.15, 0.2) is 59.1 Å². The van der Waals surface area contributed by atoms with Gasteiger partial charge in [-0.25, -0.2) is 0 Å². The van der Waals surface area contributed by atoms with E-state index >= 15 is 0 Å². The highest BCUT2D eigenvalue weighted by Gasteiger charge is 2.31. The van der Waals surface area contributed by atoms with Gasteiger partial charge in [0.15, 0.2) is 0 Å². The number of benzene rings is 2. The summed E-state index contributed by atoms with van der Waals surface area (Å²) in [6.45, 7) is 2.01. The number of fused-ring (bicyclic) bond motifs is 1. The number of aromatic nitrogens is 1. The topological polar surface area (TPSA) is 72.6 Å². The molecule has 1 aromatic heterocycles. The molecule has 2 heterocycles. The Bertz CT molecular complexity index is 1060. The molecule has 0 saturated heterocycles. The number of nitrogens with zero attached hydrogens (tertiary/aromatic N) is 2. The van der Waals surface area contributed by atoms with Crippen LogP contribution in [0.2, 0.25) is 0 Å². The van der Waals surface area contributed by atoms with E-state index in [2.05, 4.69) is 5.16 Å². The van der Waals surface area contributed by atoms with Crippen molar-refractivity contribution in [3.8, 4) is 17.0 Å². The minimum atomic E-state index is -1.40. The molecule has 3 aromatic rings. The molecule has 0 radical (unpaired) electrons. The molecule has 2 atom stereocenters. The Morgan fingerprint density at radius 1 is 1.24 bits per heavy atom. The Labute approximate surface area is 171 Å². The second kappa shape index (κ2) is 8.21. The second-order valence-electron chi connectivity index (χ2n) is 7.05. The number of hydrogen-bond acceptors (Lipinski definition) is 5. The van der Waals surface area contributed by atoms with Crippen molar-refractivity contribution in [2.75, 3.05) is 17.8 Å². The van der Waals surface area contributed by atoms with Gasteiger partial charge < -0.3 is 14.2 Å². The number of carbonyl (C=O) groups is 1. The minimum Gasteiger partial charge on any atom is -0.496 e. The SMILES string of the molecule is COc1ccccc1-c1cc(CS(=O)CC(=O)N2c3ccccc3CC2C)on1. The zero-order chi connectivity index (χ0) is 20.4. The summed E-state index contributed by atoms with van der Waals surface area (Å²) in [5.74, 6) is 1.11. The van der Waals surface area contributed by atoms with Gasteiger partial charge in [0.25, 0.3) is 0 Å². The van der Waals surface area contributed by atoms with Crippen molar-refractivity contribution in [2.24, 2.45) is 0 Å². The highest BCUT2D eigenvalue weighted by Crippen LogP contribution is 2.32. The van der Waals surface area contributed by atoms with E-state index in [1.54, 1.807) is 18.1 Å². The average molecular weight is 410 g/mol. The fraction of sp³-hybridized carbons (Fsp3) is 0.273. The van der Waals surface area contributed by atoms with Crippen LogP contribution in [-0.2, 0) is 27.8 Å². The number of anilines is 1. The van der Waals surface area contributed by atoms with Crippen LogP contribution in [0, 0.1) is 0 Å². The first-order valence-electron chi connectivity index (χ1n) is 9.40. The zero-order valence-corrected chi connectivity index (χ0v) is 17.1. The third-order valence-corrected chi connectivity index (χ3v) is 6.18. The summed E-state index contributed by atoms with van der Waals surface area (Å²) in [7, 11) is 0.200. The Hall–Kier alpha value is -2.93. The van der Waals surface area contributed by atoms with E-state index < -0.39 is 10.8 Å². The lowest BCUT2D eigenvalue weighted by atomic mass is 10.1. The minimum absolute atomic E-state index is 0.0522. The lowest BCUT2D eigenvalue weighted by molar-refractivity contribution is -0.116. The highest BCUT2D eigenvalue weighted by atomic mass is 32.2. The summed E-state index contributed by atoms with van der Waals surface area (Å²) < 4.78 is 23.3. The van der Waals surface area contributed by atoms with Crippen molar-refractivity contribution in [3.63, 3.8) is 0 Å². The number of ether oxygens (including phenoxy) is 1. The molecule has 0 spiro atoms. The van der Waals surface area contributed by atoms with Crippen LogP contribution in [0.3, 0.4) is 0 Å². The van der Waals surface area contributed by atoms with Crippen molar-refractivity contribution in [1.29, 1.82) is 0 Å². The monoisotopic (exact) mass is 410 g/mol. The number of methoxy groups -OCH3 is 1. The maximum Gasteiger partial charge on any atom is 0.239 e. The van der Waals surface area contributed by atoms with Gasteiger partial charge in [0.2, 0.25) is 5.91 Å². The van der Waals surface area contributed by atoms with Gasteiger partial charge >= 0.3 is 0 Å². The van der Waals surface area contributed by atoms with Crippen LogP contribution < -0.4 is 9.64 Å². The summed E-state index contributed by atoms with van der Waals surface area (Å²) in [4.78, 5) is 14.6. The van der Waals surface area contributed by atoms with E-state index in [0.717, 1.165) is 23.2 Å². The standard InChI is InChI=1S/C22H22N2O4S/c1-15-11-16-7-3-5-9-20(16)24(15)22(25)14-29(26)13-17-12-19(23-28-17)18-8-4-6-10-21(18)27-2/h3-10,12,15H,11,13-14H2,1-2H3. The summed E-state index contributed by atoms with van der Waals surface area (Å²) in [6.07, 6.45) is 0.818. The van der Waals surface area contributed by atoms with E-state index in [-0.39, 0.29) is 23.5 Å². The molecule has 0 bridgehead atoms. The molecule has 0 N–H and O–H groups in total. The van der Waals surface area contributed by atoms with Gasteiger partial charge in [-0.2, -0.15) is 0 Å². The molecule has 0 saturated carbocycles. The average Bonchev–Trinajstić information content (AvgIpc) is 3.30. The van der Waals surface area contributed by atoms with Crippen LogP contribution in [0.1, 0.15) is 18.2 Å². The van der Waals surface area contributed by atoms with E-state index in [0.29, 0.717) is 17.2 Å². The lowest BCUT2D eigenvalue weighted by Gasteiger charge is -2.22. The predicted molar refractivity (Wildman–Crippen MR) is 112 cm³/mol. The zero-order valence-electron chi connectivity index (χ0n) is 16.3. The van der Waals surface area contributed by atoms with Crippen molar-refractivity contribution in [3.05, 3.63) is 65.9 Å². The first-order valence-corrected chi connectivity index (χ1v) is 10.9. The second-order valence-corrected chi connectivity index (χ2v) is 8.51. The number of rotatable bonds is 6. The molecule has 1 aliphatic rings. The van der Waals surface area contributed by atoms with E-state index in [1.165, 1.54) is 0 Å². The lowest BCUT2D eigenvalue weighted by Crippen LogP contribution is -2.38. The molecular formula is C22H22N2O4S. The van der Waals surface area contributed by atoms with E-state index in [1.807, 2.05) is 55.5 Å². The van der Waals surface area contributed by atoms with Crippen LogP contribution in [0.5, 0.6) is 5.75 Å². The summed E-state index contributed by atoms with van der Waals surface area (Å²) in [6, 6.07) is 17.2.